The third-order valence-corrected chi connectivity index (χ3v) is 6.66. The summed E-state index contributed by atoms with van der Waals surface area (Å²) in [5, 5.41) is 0. The van der Waals surface area contributed by atoms with E-state index in [0.29, 0.717) is 16.9 Å². The van der Waals surface area contributed by atoms with E-state index in [1.807, 2.05) is 24.3 Å². The van der Waals surface area contributed by atoms with Crippen molar-refractivity contribution in [3.8, 4) is 0 Å². The Morgan fingerprint density at radius 2 is 1.95 bits per heavy atom. The van der Waals surface area contributed by atoms with Crippen LogP contribution in [-0.2, 0) is 22.3 Å². The number of rotatable bonds is 3. The fourth-order valence-electron chi connectivity index (χ4n) is 2.51. The van der Waals surface area contributed by atoms with Crippen molar-refractivity contribution in [3.05, 3.63) is 58.1 Å². The van der Waals surface area contributed by atoms with Gasteiger partial charge in [-0.2, -0.15) is 0 Å². The number of anilines is 1. The maximum absolute atomic E-state index is 12.9. The van der Waals surface area contributed by atoms with Crippen LogP contribution in [0.4, 0.5) is 5.69 Å². The zero-order valence-corrected chi connectivity index (χ0v) is 14.2. The molecule has 1 heterocycles. The van der Waals surface area contributed by atoms with Crippen LogP contribution in [0, 0.1) is 0 Å². The minimum Gasteiger partial charge on any atom is -0.266 e. The van der Waals surface area contributed by atoms with Gasteiger partial charge in [0.25, 0.3) is 10.0 Å². The molecule has 0 spiro atoms. The Bertz CT molecular complexity index is 792. The van der Waals surface area contributed by atoms with Gasteiger partial charge in [0, 0.05) is 16.9 Å². The number of nitrogens with zero attached hydrogens (tertiary/aromatic N) is 1. The summed E-state index contributed by atoms with van der Waals surface area (Å²) >= 11 is 9.13. The second kappa shape index (κ2) is 5.63. The van der Waals surface area contributed by atoms with E-state index < -0.39 is 10.0 Å². The first-order chi connectivity index (χ1) is 10.0. The standard InChI is InChI=1S/C15H13BrClNO2S/c16-13-9-11(10-17)5-6-15(13)21(19,20)18-8-7-12-3-1-2-4-14(12)18/h1-6,9H,7-8,10H2. The van der Waals surface area contributed by atoms with Crippen LogP contribution in [0.2, 0.25) is 0 Å². The fraction of sp³-hybridized carbons (Fsp3) is 0.200. The Morgan fingerprint density at radius 3 is 2.67 bits per heavy atom. The van der Waals surface area contributed by atoms with Crippen LogP contribution in [0.3, 0.4) is 0 Å². The minimum atomic E-state index is -3.56. The monoisotopic (exact) mass is 385 g/mol. The Kier molecular flexibility index (Phi) is 3.99. The van der Waals surface area contributed by atoms with E-state index in [0.717, 1.165) is 23.2 Å². The molecule has 1 aliphatic heterocycles. The smallest absolute Gasteiger partial charge is 0.265 e. The number of hydrogen-bond acceptors (Lipinski definition) is 2. The molecule has 21 heavy (non-hydrogen) atoms. The summed E-state index contributed by atoms with van der Waals surface area (Å²) in [7, 11) is -3.56. The molecule has 3 rings (SSSR count). The number of benzene rings is 2. The fourth-order valence-corrected chi connectivity index (χ4v) is 5.27. The van der Waals surface area contributed by atoms with Crippen LogP contribution >= 0.6 is 27.5 Å². The first kappa shape index (κ1) is 14.9. The lowest BCUT2D eigenvalue weighted by Crippen LogP contribution is -2.29. The number of alkyl halides is 1. The highest BCUT2D eigenvalue weighted by atomic mass is 79.9. The van der Waals surface area contributed by atoms with Gasteiger partial charge in [0.1, 0.15) is 4.90 Å². The normalized spacial score (nSPS) is 14.3. The molecule has 0 aliphatic carbocycles. The van der Waals surface area contributed by atoms with E-state index in [1.165, 1.54) is 4.31 Å². The molecule has 0 aromatic heterocycles. The van der Waals surface area contributed by atoms with Gasteiger partial charge in [-0.15, -0.1) is 11.6 Å². The molecule has 0 atom stereocenters. The van der Waals surface area contributed by atoms with Crippen molar-refractivity contribution in [1.82, 2.24) is 0 Å². The molecular weight excluding hydrogens is 374 g/mol. The zero-order valence-electron chi connectivity index (χ0n) is 11.1. The van der Waals surface area contributed by atoms with Gasteiger partial charge in [-0.05, 0) is 51.7 Å². The molecule has 0 N–H and O–H groups in total. The van der Waals surface area contributed by atoms with Crippen LogP contribution in [0.25, 0.3) is 0 Å². The van der Waals surface area contributed by atoms with E-state index in [1.54, 1.807) is 18.2 Å². The summed E-state index contributed by atoms with van der Waals surface area (Å²) in [6.45, 7) is 0.478. The van der Waals surface area contributed by atoms with Crippen molar-refractivity contribution in [1.29, 1.82) is 0 Å². The van der Waals surface area contributed by atoms with Crippen molar-refractivity contribution >= 4 is 43.2 Å². The zero-order chi connectivity index (χ0) is 15.0. The predicted octanol–water partition coefficient (Wildman–Crippen LogP) is 3.94. The molecular formula is C15H13BrClNO2S. The predicted molar refractivity (Wildman–Crippen MR) is 88.4 cm³/mol. The second-order valence-corrected chi connectivity index (χ2v) is 7.81. The molecule has 2 aromatic carbocycles. The molecule has 2 aromatic rings. The Labute approximate surface area is 137 Å². The molecule has 0 saturated carbocycles. The van der Waals surface area contributed by atoms with Gasteiger partial charge in [0.15, 0.2) is 0 Å². The molecule has 1 aliphatic rings. The maximum atomic E-state index is 12.9. The van der Waals surface area contributed by atoms with Gasteiger partial charge in [-0.25, -0.2) is 8.42 Å². The Hall–Kier alpha value is -1.04. The Balaban J connectivity index is 2.06. The molecule has 0 fully saturated rings. The lowest BCUT2D eigenvalue weighted by molar-refractivity contribution is 0.592. The molecule has 0 amide bonds. The van der Waals surface area contributed by atoms with Crippen molar-refractivity contribution in [2.45, 2.75) is 17.2 Å². The topological polar surface area (TPSA) is 37.4 Å². The molecule has 6 heteroatoms. The third-order valence-electron chi connectivity index (χ3n) is 3.56. The quantitative estimate of drug-likeness (QED) is 0.749. The van der Waals surface area contributed by atoms with Crippen LogP contribution in [0.1, 0.15) is 11.1 Å². The maximum Gasteiger partial charge on any atom is 0.265 e. The van der Waals surface area contributed by atoms with Gasteiger partial charge >= 0.3 is 0 Å². The lowest BCUT2D eigenvalue weighted by Gasteiger charge is -2.20. The van der Waals surface area contributed by atoms with Crippen LogP contribution in [-0.4, -0.2) is 15.0 Å². The number of sulfonamides is 1. The summed E-state index contributed by atoms with van der Waals surface area (Å²) in [4.78, 5) is 0.271. The van der Waals surface area contributed by atoms with Gasteiger partial charge in [0.2, 0.25) is 0 Å². The third kappa shape index (κ3) is 2.58. The summed E-state index contributed by atoms with van der Waals surface area (Å²) in [6.07, 6.45) is 0.743. The van der Waals surface area contributed by atoms with E-state index >= 15 is 0 Å². The summed E-state index contributed by atoms with van der Waals surface area (Å²) in [5.74, 6) is 0.353. The van der Waals surface area contributed by atoms with Crippen LogP contribution < -0.4 is 4.31 Å². The number of fused-ring (bicyclic) bond motifs is 1. The molecule has 110 valence electrons. The summed E-state index contributed by atoms with van der Waals surface area (Å²) in [6, 6.07) is 12.7. The highest BCUT2D eigenvalue weighted by Gasteiger charge is 2.31. The molecule has 0 unspecified atom stereocenters. The summed E-state index contributed by atoms with van der Waals surface area (Å²) in [5.41, 5.74) is 2.71. The van der Waals surface area contributed by atoms with E-state index in [2.05, 4.69) is 15.9 Å². The van der Waals surface area contributed by atoms with Gasteiger partial charge in [0.05, 0.1) is 5.69 Å². The van der Waals surface area contributed by atoms with Gasteiger partial charge < -0.3 is 0 Å². The highest BCUT2D eigenvalue weighted by Crippen LogP contribution is 2.35. The van der Waals surface area contributed by atoms with Gasteiger partial charge in [-0.1, -0.05) is 24.3 Å². The molecule has 0 bridgehead atoms. The summed E-state index contributed by atoms with van der Waals surface area (Å²) < 4.78 is 27.8. The molecule has 3 nitrogen and oxygen atoms in total. The van der Waals surface area contributed by atoms with E-state index in [4.69, 9.17) is 11.6 Å². The van der Waals surface area contributed by atoms with Crippen molar-refractivity contribution < 1.29 is 8.42 Å². The van der Waals surface area contributed by atoms with Crippen LogP contribution in [0.15, 0.2) is 51.8 Å². The first-order valence-electron chi connectivity index (χ1n) is 6.49. The average Bonchev–Trinajstić information content (AvgIpc) is 2.91. The molecule has 0 radical (unpaired) electrons. The van der Waals surface area contributed by atoms with Crippen molar-refractivity contribution in [2.75, 3.05) is 10.8 Å². The van der Waals surface area contributed by atoms with Gasteiger partial charge in [-0.3, -0.25) is 4.31 Å². The second-order valence-electron chi connectivity index (χ2n) is 4.85. The number of hydrogen-bond donors (Lipinski definition) is 0. The number of para-hydroxylation sites is 1. The van der Waals surface area contributed by atoms with Crippen molar-refractivity contribution in [2.24, 2.45) is 0 Å². The minimum absolute atomic E-state index is 0.271. The van der Waals surface area contributed by atoms with Crippen molar-refractivity contribution in [3.63, 3.8) is 0 Å². The first-order valence-corrected chi connectivity index (χ1v) is 9.26. The lowest BCUT2D eigenvalue weighted by atomic mass is 10.2. The van der Waals surface area contributed by atoms with Crippen LogP contribution in [0.5, 0.6) is 0 Å². The Morgan fingerprint density at radius 1 is 1.19 bits per heavy atom. The largest absolute Gasteiger partial charge is 0.266 e. The highest BCUT2D eigenvalue weighted by molar-refractivity contribution is 9.10. The average molecular weight is 387 g/mol. The SMILES string of the molecule is O=S(=O)(c1ccc(CCl)cc1Br)N1CCc2ccccc21. The van der Waals surface area contributed by atoms with E-state index in [9.17, 15) is 8.42 Å². The van der Waals surface area contributed by atoms with E-state index in [-0.39, 0.29) is 4.90 Å². The number of halogens is 2. The molecule has 0 saturated heterocycles.